The van der Waals surface area contributed by atoms with Gasteiger partial charge in [0.1, 0.15) is 18.2 Å². The van der Waals surface area contributed by atoms with Crippen molar-refractivity contribution >= 4 is 41.4 Å². The molecular formula is C40H52N4O11. The van der Waals surface area contributed by atoms with Crippen LogP contribution in [-0.4, -0.2) is 110 Å². The zero-order valence-corrected chi connectivity index (χ0v) is 31.5. The number of cyclic esters (lactones) is 1. The van der Waals surface area contributed by atoms with Crippen LogP contribution < -0.4 is 16.0 Å². The number of esters is 1. The highest BCUT2D eigenvalue weighted by Crippen LogP contribution is 2.45. The predicted molar refractivity (Wildman–Crippen MR) is 198 cm³/mol. The first-order valence-electron chi connectivity index (χ1n) is 19.5. The van der Waals surface area contributed by atoms with Crippen LogP contribution in [0.15, 0.2) is 42.0 Å². The normalized spacial score (nSPS) is 28.9. The van der Waals surface area contributed by atoms with Crippen LogP contribution in [0.2, 0.25) is 0 Å². The molecule has 15 nitrogen and oxygen atoms in total. The number of piperidine rings is 1. The fraction of sp³-hybridized carbons (Fsp3) is 0.600. The van der Waals surface area contributed by atoms with E-state index in [1.807, 2.05) is 0 Å². The molecule has 0 saturated carbocycles. The molecule has 3 heterocycles. The number of carbonyl (C=O) groups excluding carboxylic acids is 6. The number of amides is 5. The largest absolute Gasteiger partial charge is 0.462 e. The molecule has 0 aromatic heterocycles. The highest BCUT2D eigenvalue weighted by molar-refractivity contribution is 6.25. The van der Waals surface area contributed by atoms with E-state index >= 15 is 0 Å². The summed E-state index contributed by atoms with van der Waals surface area (Å²) in [6, 6.07) is 3.88. The Morgan fingerprint density at radius 1 is 1.00 bits per heavy atom. The summed E-state index contributed by atoms with van der Waals surface area (Å²) in [6.45, 7) is 6.45. The van der Waals surface area contributed by atoms with Crippen molar-refractivity contribution in [2.24, 2.45) is 23.7 Å². The lowest BCUT2D eigenvalue weighted by atomic mass is 9.65. The average Bonchev–Trinajstić information content (AvgIpc) is 3.39. The van der Waals surface area contributed by atoms with Gasteiger partial charge in [-0.1, -0.05) is 38.1 Å². The number of nitrogens with one attached hydrogen (secondary N) is 3. The van der Waals surface area contributed by atoms with Gasteiger partial charge in [-0.3, -0.25) is 34.2 Å². The van der Waals surface area contributed by atoms with Crippen molar-refractivity contribution in [1.82, 2.24) is 15.5 Å². The Bertz CT molecular complexity index is 1690. The second-order valence-electron chi connectivity index (χ2n) is 15.1. The number of aliphatic hydroxyl groups is 1. The summed E-state index contributed by atoms with van der Waals surface area (Å²) in [5.74, 6) is -1.82. The molecule has 3 aliphatic heterocycles. The van der Waals surface area contributed by atoms with Crippen molar-refractivity contribution in [3.05, 3.63) is 53.1 Å². The summed E-state index contributed by atoms with van der Waals surface area (Å²) in [4.78, 5) is 75.9. The third-order valence-electron chi connectivity index (χ3n) is 11.0. The first kappa shape index (κ1) is 40.1. The number of nitrogens with zero attached hydrogens (tertiary/aromatic N) is 1. The van der Waals surface area contributed by atoms with Gasteiger partial charge in [-0.2, -0.15) is 0 Å². The Kier molecular flexibility index (Phi) is 13.4. The maximum Gasteiger partial charge on any atom is 0.407 e. The number of rotatable bonds is 16. The van der Waals surface area contributed by atoms with E-state index in [4.69, 9.17) is 18.9 Å². The molecule has 298 valence electrons. The number of ether oxygens (including phenoxy) is 4. The number of anilines is 1. The number of alkyl carbamates (subject to hydrolysis) is 1. The maximum atomic E-state index is 13.2. The standard InChI is InChI=1S/C40H52N4O11/c1-23-19-25-8-7-24(2)28(10-9-27-21-26(45)22-34(47)54-27)35(25)32(20-23)55-40(51)42-14-18-53-16-4-15-52-17-13-41-30-6-3-5-29-36(30)39(50)44(38(29)49)31-11-12-33(46)43-37(31)48/h3,5-8,19,23-24,26-28,31-32,35,41,45H,4,9-18,20-22H2,1-2H3,(H,42,51)(H,43,46,48)/t23-,24-,26+,27+,28-,31?,32-,35-/m0/s1. The quantitative estimate of drug-likeness (QED) is 0.109. The lowest BCUT2D eigenvalue weighted by Gasteiger charge is -2.43. The van der Waals surface area contributed by atoms with Crippen LogP contribution in [0, 0.1) is 23.7 Å². The second kappa shape index (κ2) is 18.4. The van der Waals surface area contributed by atoms with Gasteiger partial charge in [-0.15, -0.1) is 0 Å². The third kappa shape index (κ3) is 9.80. The molecule has 1 aromatic carbocycles. The van der Waals surface area contributed by atoms with Gasteiger partial charge in [0.15, 0.2) is 0 Å². The Labute approximate surface area is 320 Å². The maximum absolute atomic E-state index is 13.2. The predicted octanol–water partition coefficient (Wildman–Crippen LogP) is 3.27. The molecule has 8 atom stereocenters. The summed E-state index contributed by atoms with van der Waals surface area (Å²) in [5.41, 5.74) is 2.05. The molecule has 2 fully saturated rings. The number of hydrogen-bond donors (Lipinski definition) is 4. The summed E-state index contributed by atoms with van der Waals surface area (Å²) >= 11 is 0. The lowest BCUT2D eigenvalue weighted by molar-refractivity contribution is -0.160. The van der Waals surface area contributed by atoms with Crippen molar-refractivity contribution in [1.29, 1.82) is 0 Å². The summed E-state index contributed by atoms with van der Waals surface area (Å²) in [7, 11) is 0. The van der Waals surface area contributed by atoms with E-state index in [0.29, 0.717) is 57.9 Å². The second-order valence-corrected chi connectivity index (χ2v) is 15.1. The van der Waals surface area contributed by atoms with Crippen LogP contribution in [-0.2, 0) is 33.3 Å². The topological polar surface area (TPSA) is 199 Å². The van der Waals surface area contributed by atoms with Crippen molar-refractivity contribution in [3.8, 4) is 0 Å². The van der Waals surface area contributed by atoms with Crippen LogP contribution in [0.5, 0.6) is 0 Å². The Balaban J connectivity index is 0.858. The number of benzene rings is 1. The summed E-state index contributed by atoms with van der Waals surface area (Å²) in [5, 5.41) is 18.2. The van der Waals surface area contributed by atoms with Crippen LogP contribution in [0.4, 0.5) is 10.5 Å². The molecule has 4 N–H and O–H groups in total. The van der Waals surface area contributed by atoms with Gasteiger partial charge in [0, 0.05) is 50.8 Å². The molecule has 1 unspecified atom stereocenters. The monoisotopic (exact) mass is 764 g/mol. The van der Waals surface area contributed by atoms with Gasteiger partial charge in [-0.05, 0) is 67.6 Å². The van der Waals surface area contributed by atoms with Crippen LogP contribution >= 0.6 is 0 Å². The van der Waals surface area contributed by atoms with E-state index in [1.165, 1.54) is 5.57 Å². The summed E-state index contributed by atoms with van der Waals surface area (Å²) < 4.78 is 22.9. The van der Waals surface area contributed by atoms with Crippen molar-refractivity contribution < 1.29 is 52.8 Å². The number of allylic oxidation sites excluding steroid dienone is 3. The number of carbonyl (C=O) groups is 6. The molecular weight excluding hydrogens is 712 g/mol. The zero-order chi connectivity index (χ0) is 39.1. The Morgan fingerprint density at radius 2 is 1.78 bits per heavy atom. The van der Waals surface area contributed by atoms with Gasteiger partial charge in [0.25, 0.3) is 11.8 Å². The number of fused-ring (bicyclic) bond motifs is 2. The molecule has 1 aromatic rings. The first-order chi connectivity index (χ1) is 26.5. The van der Waals surface area contributed by atoms with Crippen molar-refractivity contribution in [2.75, 3.05) is 44.8 Å². The molecule has 5 aliphatic rings. The van der Waals surface area contributed by atoms with E-state index in [0.717, 1.165) is 17.7 Å². The number of hydrogen-bond acceptors (Lipinski definition) is 12. The first-order valence-corrected chi connectivity index (χ1v) is 19.5. The smallest absolute Gasteiger partial charge is 0.407 e. The molecule has 0 spiro atoms. The van der Waals surface area contributed by atoms with E-state index in [9.17, 15) is 33.9 Å². The fourth-order valence-corrected chi connectivity index (χ4v) is 8.43. The molecule has 15 heteroatoms. The SMILES string of the molecule is C[C@H]1C=C2C=C[C@H](C)[C@H](CC[C@@H]3C[C@@H](O)CC(=O)O3)[C@H]2[C@@H](OC(=O)NCCOCCCOCCNc2cccc3c2C(=O)N(C2CCC(=O)NC2=O)C3=O)C1. The molecule has 2 aliphatic carbocycles. The zero-order valence-electron chi connectivity index (χ0n) is 31.5. The van der Waals surface area contributed by atoms with Gasteiger partial charge in [0.2, 0.25) is 11.8 Å². The van der Waals surface area contributed by atoms with Crippen LogP contribution in [0.1, 0.15) is 85.9 Å². The third-order valence-corrected chi connectivity index (χ3v) is 11.0. The van der Waals surface area contributed by atoms with E-state index < -0.39 is 41.9 Å². The van der Waals surface area contributed by atoms with E-state index in [2.05, 4.69) is 48.0 Å². The minimum absolute atomic E-state index is 0.0353. The van der Waals surface area contributed by atoms with Gasteiger partial charge < -0.3 is 34.7 Å². The summed E-state index contributed by atoms with van der Waals surface area (Å²) in [6.07, 6.45) is 8.28. The number of imide groups is 2. The molecule has 6 rings (SSSR count). The van der Waals surface area contributed by atoms with Crippen molar-refractivity contribution in [2.45, 2.75) is 89.6 Å². The van der Waals surface area contributed by atoms with Crippen LogP contribution in [0.3, 0.4) is 0 Å². The Morgan fingerprint density at radius 3 is 2.55 bits per heavy atom. The highest BCUT2D eigenvalue weighted by atomic mass is 16.6. The lowest BCUT2D eigenvalue weighted by Crippen LogP contribution is -2.54. The minimum Gasteiger partial charge on any atom is -0.462 e. The molecule has 2 saturated heterocycles. The van der Waals surface area contributed by atoms with Gasteiger partial charge in [-0.25, -0.2) is 4.79 Å². The van der Waals surface area contributed by atoms with Gasteiger partial charge in [0.05, 0.1) is 36.9 Å². The Hall–Kier alpha value is -4.60. The molecule has 5 amide bonds. The molecule has 0 bridgehead atoms. The molecule has 0 radical (unpaired) electrons. The molecule has 55 heavy (non-hydrogen) atoms. The fourth-order valence-electron chi connectivity index (χ4n) is 8.43. The highest BCUT2D eigenvalue weighted by Gasteiger charge is 2.46. The number of aliphatic hydroxyl groups excluding tert-OH is 1. The van der Waals surface area contributed by atoms with Gasteiger partial charge >= 0.3 is 12.1 Å². The van der Waals surface area contributed by atoms with Crippen molar-refractivity contribution in [3.63, 3.8) is 0 Å². The van der Waals surface area contributed by atoms with E-state index in [-0.39, 0.29) is 78.8 Å². The van der Waals surface area contributed by atoms with E-state index in [1.54, 1.807) is 18.2 Å². The van der Waals surface area contributed by atoms with Crippen LogP contribution in [0.25, 0.3) is 0 Å². The average molecular weight is 765 g/mol. The minimum atomic E-state index is -1.03.